The number of carbonyl (C=O) groups is 1. The molecule has 1 amide bonds. The lowest BCUT2D eigenvalue weighted by Gasteiger charge is -2.15. The second-order valence-electron chi connectivity index (χ2n) is 9.65. The molecule has 8 nitrogen and oxygen atoms in total. The van der Waals surface area contributed by atoms with Crippen LogP contribution in [0.5, 0.6) is 5.75 Å². The molecule has 0 unspecified atom stereocenters. The van der Waals surface area contributed by atoms with Gasteiger partial charge >= 0.3 is 6.09 Å². The Kier molecular flexibility index (Phi) is 8.24. The van der Waals surface area contributed by atoms with Gasteiger partial charge in [-0.05, 0) is 35.4 Å². The number of pyridine rings is 1. The summed E-state index contributed by atoms with van der Waals surface area (Å²) in [5, 5.41) is 7.08. The number of rotatable bonds is 10. The first-order valence-corrected chi connectivity index (χ1v) is 15.6. The zero-order valence-electron chi connectivity index (χ0n) is 20.8. The monoisotopic (exact) mass is 501 g/mol. The number of ether oxygens (including phenoxy) is 2. The first-order valence-electron chi connectivity index (χ1n) is 11.9. The molecule has 9 heteroatoms. The minimum absolute atomic E-state index is 0.339. The average Bonchev–Trinajstić information content (AvgIpc) is 3.34. The minimum atomic E-state index is -1.15. The van der Waals surface area contributed by atoms with E-state index in [-0.39, 0.29) is 0 Å². The normalized spacial score (nSPS) is 11.3. The molecule has 186 valence electrons. The highest BCUT2D eigenvalue weighted by atomic mass is 28.3. The van der Waals surface area contributed by atoms with Crippen LogP contribution in [-0.2, 0) is 18.0 Å². The summed E-state index contributed by atoms with van der Waals surface area (Å²) in [6, 6.07) is 20.1. The van der Waals surface area contributed by atoms with Gasteiger partial charge in [0.05, 0.1) is 0 Å². The first-order chi connectivity index (χ1) is 17.4. The van der Waals surface area contributed by atoms with Crippen molar-refractivity contribution in [2.45, 2.75) is 39.0 Å². The molecule has 4 aromatic rings. The van der Waals surface area contributed by atoms with Gasteiger partial charge in [0.2, 0.25) is 0 Å². The van der Waals surface area contributed by atoms with Crippen LogP contribution in [0.2, 0.25) is 25.7 Å². The summed E-state index contributed by atoms with van der Waals surface area (Å²) in [5.74, 6) is 1.13. The topological polar surface area (TPSA) is 91.2 Å². The van der Waals surface area contributed by atoms with E-state index in [0.717, 1.165) is 28.3 Å². The summed E-state index contributed by atoms with van der Waals surface area (Å²) in [6.45, 7) is 8.42. The molecule has 0 aliphatic rings. The maximum Gasteiger partial charge on any atom is 0.412 e. The minimum Gasteiger partial charge on any atom is -0.410 e. The Hall–Kier alpha value is -3.82. The van der Waals surface area contributed by atoms with E-state index in [0.29, 0.717) is 31.5 Å². The van der Waals surface area contributed by atoms with Gasteiger partial charge in [-0.1, -0.05) is 62.1 Å². The van der Waals surface area contributed by atoms with Crippen LogP contribution >= 0.6 is 0 Å². The maximum atomic E-state index is 12.3. The highest BCUT2D eigenvalue weighted by molar-refractivity contribution is 6.76. The van der Waals surface area contributed by atoms with E-state index >= 15 is 0 Å². The Morgan fingerprint density at radius 1 is 0.972 bits per heavy atom. The predicted octanol–water partition coefficient (Wildman–Crippen LogP) is 5.61. The molecule has 36 heavy (non-hydrogen) atoms. The summed E-state index contributed by atoms with van der Waals surface area (Å²) in [7, 11) is -1.15. The van der Waals surface area contributed by atoms with Gasteiger partial charge in [-0.2, -0.15) is 5.10 Å². The Balaban J connectivity index is 1.41. The molecular weight excluding hydrogens is 470 g/mol. The number of amides is 1. The van der Waals surface area contributed by atoms with E-state index in [1.165, 1.54) is 6.33 Å². The van der Waals surface area contributed by atoms with Crippen LogP contribution in [0.25, 0.3) is 22.5 Å². The molecule has 0 saturated carbocycles. The molecule has 2 aromatic heterocycles. The van der Waals surface area contributed by atoms with Crippen LogP contribution in [0.4, 0.5) is 4.79 Å². The van der Waals surface area contributed by atoms with E-state index in [1.807, 2.05) is 54.6 Å². The molecule has 2 heterocycles. The smallest absolute Gasteiger partial charge is 0.410 e. The SMILES string of the molecule is C[Si](C)(C)CCOCn1ncnc1-c1cncc(-c2cccc(OC(=O)NCc3ccccc3)c2)c1. The zero-order chi connectivity index (χ0) is 25.4. The van der Waals surface area contributed by atoms with Crippen molar-refractivity contribution in [3.63, 3.8) is 0 Å². The largest absolute Gasteiger partial charge is 0.412 e. The van der Waals surface area contributed by atoms with Crippen LogP contribution in [0.15, 0.2) is 79.4 Å². The molecule has 0 saturated heterocycles. The van der Waals surface area contributed by atoms with E-state index in [1.54, 1.807) is 23.1 Å². The van der Waals surface area contributed by atoms with Crippen molar-refractivity contribution in [2.75, 3.05) is 6.61 Å². The standard InChI is InChI=1S/C27H31N5O3Si/c1-36(2,3)13-12-34-20-32-26(30-19-31-32)24-14-23(17-28-18-24)22-10-7-11-25(15-22)35-27(33)29-16-21-8-5-4-6-9-21/h4-11,14-15,17-19H,12-13,16,20H2,1-3H3,(H,29,33). The van der Waals surface area contributed by atoms with Crippen molar-refractivity contribution >= 4 is 14.2 Å². The van der Waals surface area contributed by atoms with E-state index in [2.05, 4.69) is 40.0 Å². The molecule has 0 spiro atoms. The molecule has 0 aliphatic heterocycles. The van der Waals surface area contributed by atoms with Crippen molar-refractivity contribution in [1.29, 1.82) is 0 Å². The van der Waals surface area contributed by atoms with Gasteiger partial charge in [-0.3, -0.25) is 4.98 Å². The zero-order valence-corrected chi connectivity index (χ0v) is 21.8. The summed E-state index contributed by atoms with van der Waals surface area (Å²) < 4.78 is 13.1. The van der Waals surface area contributed by atoms with Crippen LogP contribution in [0.3, 0.4) is 0 Å². The van der Waals surface area contributed by atoms with Gasteiger partial charge in [-0.15, -0.1) is 0 Å². The quantitative estimate of drug-likeness (QED) is 0.224. The van der Waals surface area contributed by atoms with Crippen molar-refractivity contribution in [3.05, 3.63) is 84.9 Å². The fraction of sp³-hybridized carbons (Fsp3) is 0.259. The molecule has 1 N–H and O–H groups in total. The third kappa shape index (κ3) is 7.34. The van der Waals surface area contributed by atoms with Gasteiger partial charge in [0.25, 0.3) is 0 Å². The number of benzene rings is 2. The van der Waals surface area contributed by atoms with Crippen molar-refractivity contribution in [3.8, 4) is 28.3 Å². The Labute approximate surface area is 212 Å². The number of hydrogen-bond acceptors (Lipinski definition) is 6. The lowest BCUT2D eigenvalue weighted by atomic mass is 10.1. The van der Waals surface area contributed by atoms with E-state index in [9.17, 15) is 4.79 Å². The Morgan fingerprint density at radius 3 is 2.58 bits per heavy atom. The molecule has 4 rings (SSSR count). The molecule has 0 radical (unpaired) electrons. The van der Waals surface area contributed by atoms with Gasteiger partial charge in [-0.25, -0.2) is 14.5 Å². The maximum absolute atomic E-state index is 12.3. The molecule has 2 aromatic carbocycles. The number of hydrogen-bond donors (Lipinski definition) is 1. The van der Waals surface area contributed by atoms with Crippen LogP contribution in [-0.4, -0.2) is 40.5 Å². The number of nitrogens with zero attached hydrogens (tertiary/aromatic N) is 4. The fourth-order valence-electron chi connectivity index (χ4n) is 3.48. The van der Waals surface area contributed by atoms with Gasteiger partial charge in [0.1, 0.15) is 18.8 Å². The predicted molar refractivity (Wildman–Crippen MR) is 142 cm³/mol. The molecule has 0 fully saturated rings. The lowest BCUT2D eigenvalue weighted by Crippen LogP contribution is -2.26. The molecule has 0 bridgehead atoms. The average molecular weight is 502 g/mol. The summed E-state index contributed by atoms with van der Waals surface area (Å²) in [4.78, 5) is 21.1. The van der Waals surface area contributed by atoms with Crippen LogP contribution < -0.4 is 10.1 Å². The van der Waals surface area contributed by atoms with E-state index in [4.69, 9.17) is 9.47 Å². The lowest BCUT2D eigenvalue weighted by molar-refractivity contribution is 0.0796. The van der Waals surface area contributed by atoms with Crippen molar-refractivity contribution < 1.29 is 14.3 Å². The van der Waals surface area contributed by atoms with Crippen LogP contribution in [0, 0.1) is 0 Å². The van der Waals surface area contributed by atoms with Gasteiger partial charge in [0.15, 0.2) is 5.82 Å². The van der Waals surface area contributed by atoms with Gasteiger partial charge in [0, 0.05) is 44.7 Å². The van der Waals surface area contributed by atoms with E-state index < -0.39 is 14.2 Å². The highest BCUT2D eigenvalue weighted by Crippen LogP contribution is 2.27. The first kappa shape index (κ1) is 25.3. The Bertz CT molecular complexity index is 1290. The number of carbonyl (C=O) groups excluding carboxylic acids is 1. The van der Waals surface area contributed by atoms with Crippen molar-refractivity contribution in [2.24, 2.45) is 0 Å². The molecule has 0 atom stereocenters. The number of nitrogens with one attached hydrogen (secondary N) is 1. The summed E-state index contributed by atoms with van der Waals surface area (Å²) in [6.07, 6.45) is 4.53. The van der Waals surface area contributed by atoms with Gasteiger partial charge < -0.3 is 14.8 Å². The third-order valence-electron chi connectivity index (χ3n) is 5.48. The molecule has 0 aliphatic carbocycles. The van der Waals surface area contributed by atoms with Crippen LogP contribution in [0.1, 0.15) is 5.56 Å². The third-order valence-corrected chi connectivity index (χ3v) is 7.18. The molecular formula is C27H31N5O3Si. The number of aromatic nitrogens is 4. The highest BCUT2D eigenvalue weighted by Gasteiger charge is 2.14. The second-order valence-corrected chi connectivity index (χ2v) is 15.3. The second kappa shape index (κ2) is 11.7. The fourth-order valence-corrected chi connectivity index (χ4v) is 4.24. The Morgan fingerprint density at radius 2 is 1.78 bits per heavy atom. The summed E-state index contributed by atoms with van der Waals surface area (Å²) in [5.41, 5.74) is 3.57. The summed E-state index contributed by atoms with van der Waals surface area (Å²) >= 11 is 0. The van der Waals surface area contributed by atoms with Crippen molar-refractivity contribution in [1.82, 2.24) is 25.1 Å².